The highest BCUT2D eigenvalue weighted by Gasteiger charge is 2.13. The molecule has 0 atom stereocenters. The zero-order valence-electron chi connectivity index (χ0n) is 11.0. The lowest BCUT2D eigenvalue weighted by Crippen LogP contribution is -2.30. The van der Waals surface area contributed by atoms with Crippen molar-refractivity contribution in [3.05, 3.63) is 11.6 Å². The minimum atomic E-state index is -0.389. The predicted octanol–water partition coefficient (Wildman–Crippen LogP) is 3.12. The maximum Gasteiger partial charge on any atom is 0.407 e. The van der Waals surface area contributed by atoms with Gasteiger partial charge in [-0.25, -0.2) is 4.79 Å². The number of terminal acetylenes is 1. The summed E-state index contributed by atoms with van der Waals surface area (Å²) in [6.45, 7) is 7.66. The van der Waals surface area contributed by atoms with Crippen LogP contribution in [0.15, 0.2) is 11.6 Å². The Bertz CT molecular complexity index is 246. The molecule has 0 bridgehead atoms. The normalized spacial score (nSPS) is 11.8. The molecule has 3 nitrogen and oxygen atoms in total. The number of carbonyl (C=O) groups excluding carboxylic acids is 1. The summed E-state index contributed by atoms with van der Waals surface area (Å²) in [5, 5.41) is 2.36. The van der Waals surface area contributed by atoms with Gasteiger partial charge in [0.15, 0.2) is 0 Å². The number of hydrogen-bond donors (Lipinski definition) is 1. The average Bonchev–Trinajstić information content (AvgIpc) is 3.02. The summed E-state index contributed by atoms with van der Waals surface area (Å²) >= 11 is 0. The molecule has 0 heterocycles. The molecule has 0 aliphatic heterocycles. The molecule has 92 valence electrons. The highest BCUT2D eigenvalue weighted by molar-refractivity contribution is 5.67. The van der Waals surface area contributed by atoms with Crippen LogP contribution in [0, 0.1) is 12.8 Å². The van der Waals surface area contributed by atoms with Crippen molar-refractivity contribution >= 4 is 6.09 Å². The fourth-order valence-electron chi connectivity index (χ4n) is 0.690. The maximum atomic E-state index is 10.5. The van der Waals surface area contributed by atoms with Gasteiger partial charge in [-0.2, -0.15) is 0 Å². The molecule has 1 aliphatic rings. The first-order chi connectivity index (χ1) is 7.39. The second-order valence-corrected chi connectivity index (χ2v) is 4.17. The third-order valence-electron chi connectivity index (χ3n) is 1.55. The largest absolute Gasteiger partial charge is 0.444 e. The SMILES string of the molecule is C#C.CCC1=CC1.CNC(=O)OC(C)(C)C. The van der Waals surface area contributed by atoms with Crippen LogP contribution in [0.1, 0.15) is 40.5 Å². The number of hydrogen-bond acceptors (Lipinski definition) is 2. The molecule has 0 spiro atoms. The Kier molecular flexibility index (Phi) is 9.39. The first-order valence-corrected chi connectivity index (χ1v) is 5.31. The number of ether oxygens (including phenoxy) is 1. The standard InChI is InChI=1S/C6H13NO2.C5H8.C2H2/c1-6(2,3)9-5(8)7-4;1-2-5-3-4-5;1-2/h1-4H3,(H,7,8);3H,2,4H2,1H3;1-2H. The second-order valence-electron chi connectivity index (χ2n) is 4.17. The van der Waals surface area contributed by atoms with E-state index in [0.29, 0.717) is 0 Å². The average molecular weight is 225 g/mol. The van der Waals surface area contributed by atoms with E-state index in [2.05, 4.69) is 31.2 Å². The first-order valence-electron chi connectivity index (χ1n) is 5.31. The Balaban J connectivity index is 0. The number of alkyl carbamates (subject to hydrolysis) is 1. The van der Waals surface area contributed by atoms with E-state index in [1.165, 1.54) is 19.9 Å². The fourth-order valence-corrected chi connectivity index (χ4v) is 0.690. The summed E-state index contributed by atoms with van der Waals surface area (Å²) in [6, 6.07) is 0. The Morgan fingerprint density at radius 3 is 2.00 bits per heavy atom. The van der Waals surface area contributed by atoms with Crippen molar-refractivity contribution < 1.29 is 9.53 Å². The van der Waals surface area contributed by atoms with E-state index in [1.54, 1.807) is 5.57 Å². The summed E-state index contributed by atoms with van der Waals surface area (Å²) in [6.07, 6.45) is 12.5. The van der Waals surface area contributed by atoms with Gasteiger partial charge in [-0.15, -0.1) is 12.8 Å². The molecule has 0 radical (unpaired) electrons. The molecule has 0 aromatic rings. The summed E-state index contributed by atoms with van der Waals surface area (Å²) in [5.41, 5.74) is 1.24. The predicted molar refractivity (Wildman–Crippen MR) is 68.2 cm³/mol. The number of nitrogens with one attached hydrogen (secondary N) is 1. The Morgan fingerprint density at radius 1 is 1.50 bits per heavy atom. The number of rotatable bonds is 1. The third kappa shape index (κ3) is 15.1. The molecular weight excluding hydrogens is 202 g/mol. The van der Waals surface area contributed by atoms with Crippen LogP contribution >= 0.6 is 0 Å². The molecule has 0 unspecified atom stereocenters. The summed E-state index contributed by atoms with van der Waals surface area (Å²) in [5.74, 6) is 0. The Morgan fingerprint density at radius 2 is 1.94 bits per heavy atom. The van der Waals surface area contributed by atoms with E-state index in [0.717, 1.165) is 0 Å². The third-order valence-corrected chi connectivity index (χ3v) is 1.55. The molecule has 0 aromatic heterocycles. The van der Waals surface area contributed by atoms with Gasteiger partial charge in [-0.3, -0.25) is 0 Å². The van der Waals surface area contributed by atoms with Crippen molar-refractivity contribution in [3.8, 4) is 12.8 Å². The smallest absolute Gasteiger partial charge is 0.407 e. The van der Waals surface area contributed by atoms with Gasteiger partial charge in [-0.05, 0) is 33.6 Å². The monoisotopic (exact) mass is 225 g/mol. The maximum absolute atomic E-state index is 10.5. The first kappa shape index (κ1) is 17.0. The van der Waals surface area contributed by atoms with E-state index in [-0.39, 0.29) is 11.7 Å². The molecule has 1 N–H and O–H groups in total. The second kappa shape index (κ2) is 8.84. The van der Waals surface area contributed by atoms with Crippen molar-refractivity contribution in [1.29, 1.82) is 0 Å². The Labute approximate surface area is 99.3 Å². The van der Waals surface area contributed by atoms with Crippen molar-refractivity contribution in [3.63, 3.8) is 0 Å². The van der Waals surface area contributed by atoms with Crippen molar-refractivity contribution in [1.82, 2.24) is 5.32 Å². The Hall–Kier alpha value is -1.43. The highest BCUT2D eigenvalue weighted by Crippen LogP contribution is 2.20. The van der Waals surface area contributed by atoms with Gasteiger partial charge < -0.3 is 10.1 Å². The van der Waals surface area contributed by atoms with Gasteiger partial charge >= 0.3 is 6.09 Å². The van der Waals surface area contributed by atoms with Crippen LogP contribution in [-0.2, 0) is 4.74 Å². The quantitative estimate of drug-likeness (QED) is 0.550. The van der Waals surface area contributed by atoms with Crippen LogP contribution < -0.4 is 5.32 Å². The van der Waals surface area contributed by atoms with E-state index >= 15 is 0 Å². The van der Waals surface area contributed by atoms with Crippen molar-refractivity contribution in [2.24, 2.45) is 0 Å². The molecular formula is C13H23NO2. The minimum absolute atomic E-state index is 0.387. The lowest BCUT2D eigenvalue weighted by molar-refractivity contribution is 0.0541. The summed E-state index contributed by atoms with van der Waals surface area (Å²) in [7, 11) is 1.54. The number of allylic oxidation sites excluding steroid dienone is 2. The zero-order chi connectivity index (χ0) is 13.2. The molecule has 0 fully saturated rings. The van der Waals surface area contributed by atoms with Crippen LogP contribution in [0.5, 0.6) is 0 Å². The van der Waals surface area contributed by atoms with Gasteiger partial charge in [0.1, 0.15) is 5.60 Å². The topological polar surface area (TPSA) is 38.3 Å². The van der Waals surface area contributed by atoms with Gasteiger partial charge in [0.2, 0.25) is 0 Å². The molecule has 3 heteroatoms. The van der Waals surface area contributed by atoms with Gasteiger partial charge in [-0.1, -0.05) is 18.6 Å². The van der Waals surface area contributed by atoms with Gasteiger partial charge in [0, 0.05) is 7.05 Å². The lowest BCUT2D eigenvalue weighted by Gasteiger charge is -2.18. The van der Waals surface area contributed by atoms with Crippen LogP contribution in [0.2, 0.25) is 0 Å². The van der Waals surface area contributed by atoms with Crippen molar-refractivity contribution in [2.45, 2.75) is 46.1 Å². The molecule has 1 aliphatic carbocycles. The molecule has 0 saturated heterocycles. The summed E-state index contributed by atoms with van der Waals surface area (Å²) < 4.78 is 4.84. The van der Waals surface area contributed by atoms with Crippen LogP contribution in [0.25, 0.3) is 0 Å². The fraction of sp³-hybridized carbons (Fsp3) is 0.615. The van der Waals surface area contributed by atoms with Crippen LogP contribution in [0.3, 0.4) is 0 Å². The summed E-state index contributed by atoms with van der Waals surface area (Å²) in [4.78, 5) is 10.5. The molecule has 0 aromatic carbocycles. The van der Waals surface area contributed by atoms with Crippen LogP contribution in [-0.4, -0.2) is 18.7 Å². The van der Waals surface area contributed by atoms with Crippen LogP contribution in [0.4, 0.5) is 4.79 Å². The van der Waals surface area contributed by atoms with E-state index in [4.69, 9.17) is 4.74 Å². The molecule has 16 heavy (non-hydrogen) atoms. The molecule has 1 rings (SSSR count). The number of carbonyl (C=O) groups is 1. The number of amides is 1. The van der Waals surface area contributed by atoms with E-state index < -0.39 is 0 Å². The lowest BCUT2D eigenvalue weighted by atomic mass is 10.2. The molecule has 1 amide bonds. The van der Waals surface area contributed by atoms with E-state index in [9.17, 15) is 4.79 Å². The minimum Gasteiger partial charge on any atom is -0.444 e. The van der Waals surface area contributed by atoms with E-state index in [1.807, 2.05) is 20.8 Å². The van der Waals surface area contributed by atoms with Crippen molar-refractivity contribution in [2.75, 3.05) is 7.05 Å². The molecule has 0 saturated carbocycles. The van der Waals surface area contributed by atoms with Gasteiger partial charge in [0.25, 0.3) is 0 Å². The zero-order valence-corrected chi connectivity index (χ0v) is 11.0. The van der Waals surface area contributed by atoms with Gasteiger partial charge in [0.05, 0.1) is 0 Å². The highest BCUT2D eigenvalue weighted by atomic mass is 16.6.